The van der Waals surface area contributed by atoms with Gasteiger partial charge in [-0.05, 0) is 54.5 Å². The van der Waals surface area contributed by atoms with Gasteiger partial charge < -0.3 is 4.90 Å². The van der Waals surface area contributed by atoms with Crippen molar-refractivity contribution in [1.29, 1.82) is 0 Å². The molecule has 1 N–H and O–H groups in total. The number of nitrogens with zero attached hydrogens (tertiary/aromatic N) is 1. The molecule has 0 aliphatic carbocycles. The molecule has 0 aromatic heterocycles. The minimum Gasteiger partial charge on any atom is -0.302 e. The first-order chi connectivity index (χ1) is 9.27. The molecule has 0 bridgehead atoms. The van der Waals surface area contributed by atoms with Crippen LogP contribution in [-0.4, -0.2) is 39.5 Å². The Kier molecular flexibility index (Phi) is 7.14. The molecular weight excluding hydrogens is 408 g/mol. The summed E-state index contributed by atoms with van der Waals surface area (Å²) in [7, 11) is -1.50. The Morgan fingerprint density at radius 2 is 2.00 bits per heavy atom. The molecule has 1 unspecified atom stereocenters. The normalized spacial score (nSPS) is 13.7. The van der Waals surface area contributed by atoms with Crippen LogP contribution in [0.1, 0.15) is 20.3 Å². The first-order valence-electron chi connectivity index (χ1n) is 6.43. The molecule has 0 heterocycles. The summed E-state index contributed by atoms with van der Waals surface area (Å²) in [5.41, 5.74) is 0. The zero-order chi connectivity index (χ0) is 15.3. The number of benzene rings is 1. The smallest absolute Gasteiger partial charge is 0.241 e. The van der Waals surface area contributed by atoms with Crippen LogP contribution in [0.4, 0.5) is 0 Å². The van der Waals surface area contributed by atoms with E-state index in [1.807, 2.05) is 7.05 Å². The van der Waals surface area contributed by atoms with Crippen molar-refractivity contribution in [3.63, 3.8) is 0 Å². The van der Waals surface area contributed by atoms with Crippen LogP contribution in [0.3, 0.4) is 0 Å². The van der Waals surface area contributed by atoms with Gasteiger partial charge in [-0.3, -0.25) is 0 Å². The zero-order valence-electron chi connectivity index (χ0n) is 11.9. The fraction of sp³-hybridized carbons (Fsp3) is 0.538. The number of nitrogens with one attached hydrogen (secondary N) is 1. The summed E-state index contributed by atoms with van der Waals surface area (Å²) in [5.74, 6) is 0. The van der Waals surface area contributed by atoms with E-state index in [4.69, 9.17) is 0 Å². The molecule has 0 radical (unpaired) electrons. The van der Waals surface area contributed by atoms with Gasteiger partial charge in [0, 0.05) is 28.1 Å². The van der Waals surface area contributed by atoms with Gasteiger partial charge in [-0.15, -0.1) is 0 Å². The topological polar surface area (TPSA) is 49.4 Å². The SMILES string of the molecule is CCC(C)N(C)CCNS(=O)(=O)c1cc(Br)ccc1Br. The summed E-state index contributed by atoms with van der Waals surface area (Å²) in [6.45, 7) is 5.31. The number of rotatable bonds is 7. The number of likely N-dealkylation sites (N-methyl/N-ethyl adjacent to an activating group) is 1. The molecule has 1 aromatic rings. The maximum Gasteiger partial charge on any atom is 0.241 e. The molecule has 114 valence electrons. The van der Waals surface area contributed by atoms with Crippen molar-refractivity contribution in [3.05, 3.63) is 27.1 Å². The van der Waals surface area contributed by atoms with Gasteiger partial charge in [0.2, 0.25) is 10.0 Å². The van der Waals surface area contributed by atoms with E-state index in [9.17, 15) is 8.42 Å². The minimum absolute atomic E-state index is 0.248. The quantitative estimate of drug-likeness (QED) is 0.726. The first kappa shape index (κ1) is 18.1. The van der Waals surface area contributed by atoms with Gasteiger partial charge >= 0.3 is 0 Å². The van der Waals surface area contributed by atoms with Gasteiger partial charge in [0.15, 0.2) is 0 Å². The highest BCUT2D eigenvalue weighted by Gasteiger charge is 2.18. The Morgan fingerprint density at radius 3 is 2.60 bits per heavy atom. The van der Waals surface area contributed by atoms with E-state index < -0.39 is 10.0 Å². The Balaban J connectivity index is 2.69. The number of sulfonamides is 1. The van der Waals surface area contributed by atoms with E-state index in [0.29, 0.717) is 23.6 Å². The number of hydrogen-bond donors (Lipinski definition) is 1. The molecule has 0 amide bonds. The van der Waals surface area contributed by atoms with Crippen LogP contribution >= 0.6 is 31.9 Å². The number of hydrogen-bond acceptors (Lipinski definition) is 3. The summed E-state index contributed by atoms with van der Waals surface area (Å²) in [4.78, 5) is 2.39. The van der Waals surface area contributed by atoms with Crippen LogP contribution < -0.4 is 4.72 Å². The van der Waals surface area contributed by atoms with Crippen LogP contribution in [0.5, 0.6) is 0 Å². The highest BCUT2D eigenvalue weighted by molar-refractivity contribution is 9.11. The summed E-state index contributed by atoms with van der Waals surface area (Å²) < 4.78 is 28.4. The van der Waals surface area contributed by atoms with Gasteiger partial charge in [-0.25, -0.2) is 13.1 Å². The van der Waals surface area contributed by atoms with E-state index in [-0.39, 0.29) is 4.90 Å². The highest BCUT2D eigenvalue weighted by atomic mass is 79.9. The maximum atomic E-state index is 12.2. The van der Waals surface area contributed by atoms with Crippen LogP contribution in [0.15, 0.2) is 32.0 Å². The monoisotopic (exact) mass is 426 g/mol. The van der Waals surface area contributed by atoms with Gasteiger partial charge in [0.05, 0.1) is 4.90 Å². The van der Waals surface area contributed by atoms with Crippen molar-refractivity contribution < 1.29 is 8.42 Å². The average molecular weight is 428 g/mol. The largest absolute Gasteiger partial charge is 0.302 e. The third-order valence-electron chi connectivity index (χ3n) is 3.28. The van der Waals surface area contributed by atoms with Gasteiger partial charge in [-0.2, -0.15) is 0 Å². The Labute approximate surface area is 138 Å². The Morgan fingerprint density at radius 1 is 1.35 bits per heavy atom. The fourth-order valence-electron chi connectivity index (χ4n) is 1.65. The molecule has 1 aromatic carbocycles. The molecule has 0 saturated heterocycles. The standard InChI is InChI=1S/C13H20Br2N2O2S/c1-4-10(2)17(3)8-7-16-20(18,19)13-9-11(14)5-6-12(13)15/h5-6,9-10,16H,4,7-8H2,1-3H3. The van der Waals surface area contributed by atoms with E-state index in [1.165, 1.54) is 0 Å². The van der Waals surface area contributed by atoms with E-state index in [1.54, 1.807) is 18.2 Å². The average Bonchev–Trinajstić information content (AvgIpc) is 2.40. The molecule has 1 rings (SSSR count). The second-order valence-electron chi connectivity index (χ2n) is 4.71. The summed E-state index contributed by atoms with van der Waals surface area (Å²) in [5, 5.41) is 0. The molecule has 0 spiro atoms. The van der Waals surface area contributed by atoms with Crippen molar-refractivity contribution in [3.8, 4) is 0 Å². The zero-order valence-corrected chi connectivity index (χ0v) is 15.8. The molecule has 7 heteroatoms. The third kappa shape index (κ3) is 5.11. The maximum absolute atomic E-state index is 12.2. The minimum atomic E-state index is -3.50. The summed E-state index contributed by atoms with van der Waals surface area (Å²) in [6, 6.07) is 5.53. The van der Waals surface area contributed by atoms with E-state index in [2.05, 4.69) is 55.3 Å². The van der Waals surface area contributed by atoms with Crippen LogP contribution in [0, 0.1) is 0 Å². The molecule has 1 atom stereocenters. The highest BCUT2D eigenvalue weighted by Crippen LogP contribution is 2.25. The van der Waals surface area contributed by atoms with Crippen LogP contribution in [0.2, 0.25) is 0 Å². The number of halogens is 2. The van der Waals surface area contributed by atoms with Crippen molar-refractivity contribution >= 4 is 41.9 Å². The van der Waals surface area contributed by atoms with Crippen molar-refractivity contribution in [2.75, 3.05) is 20.1 Å². The third-order valence-corrected chi connectivity index (χ3v) is 6.23. The Bertz CT molecular complexity index is 549. The van der Waals surface area contributed by atoms with Gasteiger partial charge in [-0.1, -0.05) is 22.9 Å². The lowest BCUT2D eigenvalue weighted by atomic mass is 10.2. The lowest BCUT2D eigenvalue weighted by Gasteiger charge is -2.23. The van der Waals surface area contributed by atoms with Gasteiger partial charge in [0.1, 0.15) is 0 Å². The van der Waals surface area contributed by atoms with Crippen molar-refractivity contribution in [1.82, 2.24) is 9.62 Å². The molecule has 0 saturated carbocycles. The van der Waals surface area contributed by atoms with E-state index in [0.717, 1.165) is 10.9 Å². The lowest BCUT2D eigenvalue weighted by molar-refractivity contribution is 0.256. The summed E-state index contributed by atoms with van der Waals surface area (Å²) in [6.07, 6.45) is 1.04. The van der Waals surface area contributed by atoms with Crippen molar-refractivity contribution in [2.45, 2.75) is 31.2 Å². The molecule has 20 heavy (non-hydrogen) atoms. The van der Waals surface area contributed by atoms with Gasteiger partial charge in [0.25, 0.3) is 0 Å². The second kappa shape index (κ2) is 7.89. The molecule has 4 nitrogen and oxygen atoms in total. The molecular formula is C13H20Br2N2O2S. The van der Waals surface area contributed by atoms with Crippen LogP contribution in [-0.2, 0) is 10.0 Å². The fourth-order valence-corrected chi connectivity index (χ4v) is 4.17. The van der Waals surface area contributed by atoms with Crippen LogP contribution in [0.25, 0.3) is 0 Å². The lowest BCUT2D eigenvalue weighted by Crippen LogP contribution is -2.37. The molecule has 0 fully saturated rings. The molecule has 0 aliphatic heterocycles. The second-order valence-corrected chi connectivity index (χ2v) is 8.22. The van der Waals surface area contributed by atoms with Crippen molar-refractivity contribution in [2.24, 2.45) is 0 Å². The predicted molar refractivity (Wildman–Crippen MR) is 89.4 cm³/mol. The summed E-state index contributed by atoms with van der Waals surface area (Å²) >= 11 is 6.56. The first-order valence-corrected chi connectivity index (χ1v) is 9.49. The Hall–Kier alpha value is 0.0500. The molecule has 0 aliphatic rings. The predicted octanol–water partition coefficient (Wildman–Crippen LogP) is 3.22. The van der Waals surface area contributed by atoms with E-state index >= 15 is 0 Å².